The van der Waals surface area contributed by atoms with E-state index in [1.807, 2.05) is 19.1 Å². The second-order valence-electron chi connectivity index (χ2n) is 3.54. The van der Waals surface area contributed by atoms with Crippen LogP contribution in [0.5, 0.6) is 0 Å². The van der Waals surface area contributed by atoms with Crippen molar-refractivity contribution in [1.82, 2.24) is 0 Å². The number of rotatable bonds is 6. The van der Waals surface area contributed by atoms with Crippen LogP contribution in [0.25, 0.3) is 0 Å². The van der Waals surface area contributed by atoms with E-state index in [1.54, 1.807) is 12.1 Å². The van der Waals surface area contributed by atoms with E-state index in [0.717, 1.165) is 5.56 Å². The van der Waals surface area contributed by atoms with Gasteiger partial charge >= 0.3 is 5.97 Å². The Balaban J connectivity index is 2.39. The van der Waals surface area contributed by atoms with Crippen LogP contribution in [0.2, 0.25) is 0 Å². The molecule has 1 unspecified atom stereocenters. The molecule has 0 aliphatic heterocycles. The van der Waals surface area contributed by atoms with Crippen molar-refractivity contribution in [3.8, 4) is 0 Å². The minimum absolute atomic E-state index is 0.194. The summed E-state index contributed by atoms with van der Waals surface area (Å²) in [6.45, 7) is 5.39. The molecule has 0 amide bonds. The van der Waals surface area contributed by atoms with Gasteiger partial charge in [-0.2, -0.15) is 0 Å². The normalized spacial score (nSPS) is 11.9. The predicted octanol–water partition coefficient (Wildman–Crippen LogP) is 1.67. The molecule has 1 N–H and O–H groups in total. The molecule has 0 aromatic heterocycles. The maximum atomic E-state index is 11.5. The zero-order valence-corrected chi connectivity index (χ0v) is 9.76. The van der Waals surface area contributed by atoms with Crippen LogP contribution in [0.15, 0.2) is 36.9 Å². The molecule has 0 aliphatic rings. The van der Waals surface area contributed by atoms with Crippen molar-refractivity contribution in [1.29, 1.82) is 0 Å². The van der Waals surface area contributed by atoms with Gasteiger partial charge in [0.2, 0.25) is 0 Å². The molecule has 0 aliphatic carbocycles. The molecule has 92 valence electrons. The van der Waals surface area contributed by atoms with E-state index in [2.05, 4.69) is 6.58 Å². The highest BCUT2D eigenvalue weighted by molar-refractivity contribution is 5.89. The number of aliphatic hydroxyl groups excluding tert-OH is 1. The highest BCUT2D eigenvalue weighted by Gasteiger charge is 2.10. The SMILES string of the molecule is C=CCOC(O)COC(=O)c1ccc(C)cc1. The molecule has 0 bridgehead atoms. The third kappa shape index (κ3) is 4.80. The number of hydrogen-bond donors (Lipinski definition) is 1. The van der Waals surface area contributed by atoms with Crippen molar-refractivity contribution < 1.29 is 19.4 Å². The van der Waals surface area contributed by atoms with E-state index >= 15 is 0 Å². The first-order valence-corrected chi connectivity index (χ1v) is 5.28. The summed E-state index contributed by atoms with van der Waals surface area (Å²) in [6.07, 6.45) is 0.382. The molecule has 1 aromatic carbocycles. The number of ether oxygens (including phenoxy) is 2. The second kappa shape index (κ2) is 6.83. The van der Waals surface area contributed by atoms with E-state index in [0.29, 0.717) is 5.56 Å². The Kier molecular flexibility index (Phi) is 5.39. The van der Waals surface area contributed by atoms with Gasteiger partial charge in [0.25, 0.3) is 0 Å². The molecular formula is C13H16O4. The average molecular weight is 236 g/mol. The van der Waals surface area contributed by atoms with E-state index < -0.39 is 12.3 Å². The smallest absolute Gasteiger partial charge is 0.338 e. The second-order valence-corrected chi connectivity index (χ2v) is 3.54. The van der Waals surface area contributed by atoms with Crippen LogP contribution in [-0.2, 0) is 9.47 Å². The zero-order valence-electron chi connectivity index (χ0n) is 9.76. The molecule has 17 heavy (non-hydrogen) atoms. The van der Waals surface area contributed by atoms with Gasteiger partial charge < -0.3 is 14.6 Å². The van der Waals surface area contributed by atoms with E-state index in [1.165, 1.54) is 6.08 Å². The molecule has 0 saturated carbocycles. The topological polar surface area (TPSA) is 55.8 Å². The van der Waals surface area contributed by atoms with Gasteiger partial charge in [-0.1, -0.05) is 23.8 Å². The number of carbonyl (C=O) groups excluding carboxylic acids is 1. The lowest BCUT2D eigenvalue weighted by Crippen LogP contribution is -2.21. The Morgan fingerprint density at radius 2 is 2.12 bits per heavy atom. The van der Waals surface area contributed by atoms with Gasteiger partial charge in [-0.25, -0.2) is 4.79 Å². The summed E-state index contributed by atoms with van der Waals surface area (Å²) in [5.41, 5.74) is 1.52. The Morgan fingerprint density at radius 1 is 1.47 bits per heavy atom. The Morgan fingerprint density at radius 3 is 2.71 bits per heavy atom. The van der Waals surface area contributed by atoms with Gasteiger partial charge in [0.15, 0.2) is 6.29 Å². The molecule has 4 nitrogen and oxygen atoms in total. The summed E-state index contributed by atoms with van der Waals surface area (Å²) >= 11 is 0. The monoisotopic (exact) mass is 236 g/mol. The summed E-state index contributed by atoms with van der Waals surface area (Å²) in [4.78, 5) is 11.5. The van der Waals surface area contributed by atoms with Crippen LogP contribution < -0.4 is 0 Å². The number of benzene rings is 1. The third-order valence-electron chi connectivity index (χ3n) is 2.05. The van der Waals surface area contributed by atoms with E-state index in [4.69, 9.17) is 9.47 Å². The third-order valence-corrected chi connectivity index (χ3v) is 2.05. The van der Waals surface area contributed by atoms with E-state index in [-0.39, 0.29) is 13.2 Å². The van der Waals surface area contributed by atoms with Gasteiger partial charge in [-0.15, -0.1) is 6.58 Å². The van der Waals surface area contributed by atoms with Gasteiger partial charge in [-0.05, 0) is 19.1 Å². The van der Waals surface area contributed by atoms with Crippen LogP contribution in [0.3, 0.4) is 0 Å². The van der Waals surface area contributed by atoms with Gasteiger partial charge in [-0.3, -0.25) is 0 Å². The Labute approximate surface area is 100 Å². The van der Waals surface area contributed by atoms with Crippen molar-refractivity contribution in [2.75, 3.05) is 13.2 Å². The molecule has 0 radical (unpaired) electrons. The molecule has 1 aromatic rings. The van der Waals surface area contributed by atoms with Crippen LogP contribution in [0.1, 0.15) is 15.9 Å². The van der Waals surface area contributed by atoms with Crippen molar-refractivity contribution in [2.24, 2.45) is 0 Å². The molecule has 0 heterocycles. The highest BCUT2D eigenvalue weighted by atomic mass is 16.6. The average Bonchev–Trinajstić information content (AvgIpc) is 2.34. The first-order chi connectivity index (χ1) is 8.13. The van der Waals surface area contributed by atoms with Gasteiger partial charge in [0, 0.05) is 0 Å². The Hall–Kier alpha value is -1.65. The molecule has 0 saturated heterocycles. The van der Waals surface area contributed by atoms with Gasteiger partial charge in [0.05, 0.1) is 12.2 Å². The first kappa shape index (κ1) is 13.4. The largest absolute Gasteiger partial charge is 0.457 e. The summed E-state index contributed by atoms with van der Waals surface area (Å²) in [5.74, 6) is -0.480. The lowest BCUT2D eigenvalue weighted by Gasteiger charge is -2.11. The number of aliphatic hydroxyl groups is 1. The molecule has 0 fully saturated rings. The first-order valence-electron chi connectivity index (χ1n) is 5.28. The standard InChI is InChI=1S/C13H16O4/c1-3-8-16-12(14)9-17-13(15)11-6-4-10(2)5-7-11/h3-7,12,14H,1,8-9H2,2H3. The molecule has 4 heteroatoms. The molecular weight excluding hydrogens is 220 g/mol. The fourth-order valence-electron chi connectivity index (χ4n) is 1.15. The summed E-state index contributed by atoms with van der Waals surface area (Å²) in [7, 11) is 0. The maximum absolute atomic E-state index is 11.5. The van der Waals surface area contributed by atoms with Gasteiger partial charge in [0.1, 0.15) is 6.61 Å². The molecule has 1 rings (SSSR count). The van der Waals surface area contributed by atoms with E-state index in [9.17, 15) is 9.90 Å². The maximum Gasteiger partial charge on any atom is 0.338 e. The number of carbonyl (C=O) groups is 1. The number of esters is 1. The number of aryl methyl sites for hydroxylation is 1. The van der Waals surface area contributed by atoms with Crippen molar-refractivity contribution >= 4 is 5.97 Å². The number of hydrogen-bond acceptors (Lipinski definition) is 4. The zero-order chi connectivity index (χ0) is 12.7. The molecule has 1 atom stereocenters. The summed E-state index contributed by atoms with van der Waals surface area (Å²) in [5, 5.41) is 9.27. The van der Waals surface area contributed by atoms with Crippen molar-refractivity contribution in [2.45, 2.75) is 13.2 Å². The highest BCUT2D eigenvalue weighted by Crippen LogP contribution is 2.05. The van der Waals surface area contributed by atoms with Crippen LogP contribution in [-0.4, -0.2) is 30.6 Å². The quantitative estimate of drug-likeness (QED) is 0.464. The fourth-order valence-corrected chi connectivity index (χ4v) is 1.15. The summed E-state index contributed by atoms with van der Waals surface area (Å²) < 4.78 is 9.74. The lowest BCUT2D eigenvalue weighted by atomic mass is 10.1. The van der Waals surface area contributed by atoms with Crippen LogP contribution >= 0.6 is 0 Å². The van der Waals surface area contributed by atoms with Crippen molar-refractivity contribution in [3.63, 3.8) is 0 Å². The summed E-state index contributed by atoms with van der Waals surface area (Å²) in [6, 6.07) is 6.99. The fraction of sp³-hybridized carbons (Fsp3) is 0.308. The van der Waals surface area contributed by atoms with Crippen LogP contribution in [0, 0.1) is 6.92 Å². The minimum atomic E-state index is -1.12. The molecule has 0 spiro atoms. The Bertz CT molecular complexity index is 370. The minimum Gasteiger partial charge on any atom is -0.457 e. The van der Waals surface area contributed by atoms with Crippen molar-refractivity contribution in [3.05, 3.63) is 48.0 Å². The predicted molar refractivity (Wildman–Crippen MR) is 63.6 cm³/mol. The van der Waals surface area contributed by atoms with Crippen LogP contribution in [0.4, 0.5) is 0 Å². The lowest BCUT2D eigenvalue weighted by molar-refractivity contribution is -0.118.